The number of rotatable bonds is 7. The molecule has 2 bridgehead atoms. The first-order valence-corrected chi connectivity index (χ1v) is 12.3. The highest BCUT2D eigenvalue weighted by Crippen LogP contribution is 2.65. The second kappa shape index (κ2) is 6.84. The summed E-state index contributed by atoms with van der Waals surface area (Å²) in [7, 11) is 1.59. The number of ether oxygens (including phenoxy) is 1. The van der Waals surface area contributed by atoms with Gasteiger partial charge in [-0.1, -0.05) is 6.92 Å². The summed E-state index contributed by atoms with van der Waals surface area (Å²) in [5, 5.41) is 10.8. The molecule has 0 spiro atoms. The Morgan fingerprint density at radius 2 is 1.97 bits per heavy atom. The summed E-state index contributed by atoms with van der Waals surface area (Å²) in [6, 6.07) is 9.77. The van der Waals surface area contributed by atoms with Crippen LogP contribution in [-0.4, -0.2) is 37.1 Å². The highest BCUT2D eigenvalue weighted by atomic mass is 16.5. The molecule has 1 N–H and O–H groups in total. The molecule has 0 aromatic carbocycles. The van der Waals surface area contributed by atoms with Crippen LogP contribution in [0.4, 0.5) is 0 Å². The van der Waals surface area contributed by atoms with Gasteiger partial charge in [0.25, 0.3) is 0 Å². The van der Waals surface area contributed by atoms with Crippen molar-refractivity contribution in [2.24, 2.45) is 11.3 Å². The number of carbonyl (C=O) groups is 1. The van der Waals surface area contributed by atoms with Gasteiger partial charge in [0, 0.05) is 29.6 Å². The Kier molecular flexibility index (Phi) is 4.04. The SMILES string of the molecule is CCc1ccc2cc(-c3nc4cc(C(=O)O)cc(OC)n4c3C3CC3)n(CC34CC(C3)C4)c2n1. The molecule has 7 nitrogen and oxygen atoms in total. The van der Waals surface area contributed by atoms with Gasteiger partial charge < -0.3 is 14.4 Å². The first-order chi connectivity index (χ1) is 16.5. The highest BCUT2D eigenvalue weighted by molar-refractivity contribution is 5.90. The van der Waals surface area contributed by atoms with E-state index >= 15 is 0 Å². The maximum atomic E-state index is 11.7. The molecule has 0 radical (unpaired) electrons. The van der Waals surface area contributed by atoms with Crippen LogP contribution in [-0.2, 0) is 13.0 Å². The number of nitrogens with zero attached hydrogens (tertiary/aromatic N) is 4. The third-order valence-electron chi connectivity index (χ3n) is 8.21. The molecular formula is C27H28N4O3. The van der Waals surface area contributed by atoms with E-state index < -0.39 is 5.97 Å². The molecule has 0 saturated heterocycles. The third-order valence-corrected chi connectivity index (χ3v) is 8.21. The minimum Gasteiger partial charge on any atom is -0.482 e. The summed E-state index contributed by atoms with van der Waals surface area (Å²) in [6.45, 7) is 3.11. The van der Waals surface area contributed by atoms with Crippen LogP contribution in [0.1, 0.15) is 66.7 Å². The van der Waals surface area contributed by atoms with Crippen molar-refractivity contribution in [3.05, 3.63) is 47.3 Å². The third kappa shape index (κ3) is 2.79. The van der Waals surface area contributed by atoms with E-state index in [-0.39, 0.29) is 5.56 Å². The number of hydrogen-bond acceptors (Lipinski definition) is 4. The minimum absolute atomic E-state index is 0.187. The fourth-order valence-electron chi connectivity index (χ4n) is 6.26. The molecule has 4 aromatic rings. The lowest BCUT2D eigenvalue weighted by Crippen LogP contribution is -2.54. The lowest BCUT2D eigenvalue weighted by atomic mass is 9.44. The molecule has 4 saturated carbocycles. The van der Waals surface area contributed by atoms with Gasteiger partial charge in [-0.25, -0.2) is 14.8 Å². The monoisotopic (exact) mass is 456 g/mol. The van der Waals surface area contributed by atoms with Crippen LogP contribution in [0.25, 0.3) is 28.1 Å². The zero-order valence-corrected chi connectivity index (χ0v) is 19.5. The van der Waals surface area contributed by atoms with Crippen LogP contribution in [0.3, 0.4) is 0 Å². The molecule has 8 rings (SSSR count). The van der Waals surface area contributed by atoms with E-state index in [9.17, 15) is 9.90 Å². The topological polar surface area (TPSA) is 81.6 Å². The van der Waals surface area contributed by atoms with Crippen molar-refractivity contribution in [2.45, 2.75) is 57.9 Å². The first kappa shape index (κ1) is 20.1. The number of carboxylic acids is 1. The Bertz CT molecular complexity index is 1480. The molecule has 4 fully saturated rings. The second-order valence-electron chi connectivity index (χ2n) is 10.6. The van der Waals surface area contributed by atoms with Gasteiger partial charge in [0.15, 0.2) is 5.88 Å². The molecule has 0 atom stereocenters. The maximum absolute atomic E-state index is 11.7. The summed E-state index contributed by atoms with van der Waals surface area (Å²) >= 11 is 0. The van der Waals surface area contributed by atoms with Gasteiger partial charge in [-0.2, -0.15) is 0 Å². The Hall–Kier alpha value is -3.35. The van der Waals surface area contributed by atoms with Crippen molar-refractivity contribution in [1.82, 2.24) is 18.9 Å². The molecule has 4 heterocycles. The number of hydrogen-bond donors (Lipinski definition) is 1. The van der Waals surface area contributed by atoms with Gasteiger partial charge in [-0.15, -0.1) is 0 Å². The average molecular weight is 457 g/mol. The number of aromatic carboxylic acids is 1. The van der Waals surface area contributed by atoms with Crippen molar-refractivity contribution < 1.29 is 14.6 Å². The summed E-state index contributed by atoms with van der Waals surface area (Å²) < 4.78 is 10.1. The summed E-state index contributed by atoms with van der Waals surface area (Å²) in [4.78, 5) is 21.8. The predicted octanol–water partition coefficient (Wildman–Crippen LogP) is 5.30. The van der Waals surface area contributed by atoms with Gasteiger partial charge in [0.2, 0.25) is 0 Å². The second-order valence-corrected chi connectivity index (χ2v) is 10.6. The van der Waals surface area contributed by atoms with Crippen LogP contribution in [0.2, 0.25) is 0 Å². The van der Waals surface area contributed by atoms with Crippen LogP contribution >= 0.6 is 0 Å². The minimum atomic E-state index is -0.979. The number of aryl methyl sites for hydroxylation is 1. The molecule has 0 unspecified atom stereocenters. The van der Waals surface area contributed by atoms with E-state index in [4.69, 9.17) is 14.7 Å². The van der Waals surface area contributed by atoms with Crippen LogP contribution in [0.5, 0.6) is 5.88 Å². The van der Waals surface area contributed by atoms with Gasteiger partial charge in [0.05, 0.1) is 24.1 Å². The van der Waals surface area contributed by atoms with E-state index in [2.05, 4.69) is 29.7 Å². The fraction of sp³-hybridized carbons (Fsp3) is 0.444. The van der Waals surface area contributed by atoms with E-state index in [1.165, 1.54) is 19.3 Å². The van der Waals surface area contributed by atoms with E-state index in [1.54, 1.807) is 19.2 Å². The number of carboxylic acid groups (broad SMARTS) is 1. The molecular weight excluding hydrogens is 428 g/mol. The van der Waals surface area contributed by atoms with Gasteiger partial charge in [0.1, 0.15) is 17.0 Å². The van der Waals surface area contributed by atoms with E-state index in [0.29, 0.717) is 22.9 Å². The first-order valence-electron chi connectivity index (χ1n) is 12.3. The van der Waals surface area contributed by atoms with Gasteiger partial charge in [-0.05, 0) is 74.1 Å². The van der Waals surface area contributed by atoms with E-state index in [1.807, 2.05) is 4.40 Å². The Morgan fingerprint density at radius 1 is 1.18 bits per heavy atom. The molecule has 0 amide bonds. The standard InChI is InChI=1S/C27H28N4O3/c1-3-19-7-6-17-8-20(30(25(17)28-19)14-27-11-15(12-27)13-27)23-24(16-4-5-16)31-21(29-23)9-18(26(32)33)10-22(31)34-2/h6-10,15-16H,3-5,11-14H2,1-2H3,(H,32,33). The van der Waals surface area contributed by atoms with Crippen molar-refractivity contribution in [3.63, 3.8) is 0 Å². The van der Waals surface area contributed by atoms with Crippen molar-refractivity contribution >= 4 is 22.6 Å². The molecule has 4 aliphatic rings. The molecule has 0 aliphatic heterocycles. The Morgan fingerprint density at radius 3 is 2.59 bits per heavy atom. The normalized spacial score (nSPS) is 23.2. The van der Waals surface area contributed by atoms with Crippen LogP contribution in [0.15, 0.2) is 30.3 Å². The summed E-state index contributed by atoms with van der Waals surface area (Å²) in [5.41, 5.74) is 6.50. The molecule has 34 heavy (non-hydrogen) atoms. The van der Waals surface area contributed by atoms with Crippen molar-refractivity contribution in [3.8, 4) is 17.3 Å². The smallest absolute Gasteiger partial charge is 0.336 e. The lowest BCUT2D eigenvalue weighted by Gasteiger charge is -2.62. The van der Waals surface area contributed by atoms with Gasteiger partial charge >= 0.3 is 5.97 Å². The summed E-state index contributed by atoms with van der Waals surface area (Å²) in [6.07, 6.45) is 7.06. The molecule has 4 aliphatic carbocycles. The largest absolute Gasteiger partial charge is 0.482 e. The number of pyridine rings is 2. The zero-order valence-electron chi connectivity index (χ0n) is 19.5. The number of aromatic nitrogens is 4. The predicted molar refractivity (Wildman–Crippen MR) is 129 cm³/mol. The number of fused-ring (bicyclic) bond motifs is 2. The van der Waals surface area contributed by atoms with E-state index in [0.717, 1.165) is 65.5 Å². The fourth-order valence-corrected chi connectivity index (χ4v) is 6.26. The van der Waals surface area contributed by atoms with Crippen LogP contribution in [0, 0.1) is 11.3 Å². The van der Waals surface area contributed by atoms with Crippen LogP contribution < -0.4 is 4.74 Å². The summed E-state index contributed by atoms with van der Waals surface area (Å²) in [5.74, 6) is 0.854. The number of imidazole rings is 1. The molecule has 7 heteroatoms. The molecule has 174 valence electrons. The zero-order chi connectivity index (χ0) is 23.2. The quantitative estimate of drug-likeness (QED) is 0.408. The Balaban J connectivity index is 1.49. The van der Waals surface area contributed by atoms with Crippen molar-refractivity contribution in [2.75, 3.05) is 7.11 Å². The van der Waals surface area contributed by atoms with Crippen molar-refractivity contribution in [1.29, 1.82) is 0 Å². The average Bonchev–Trinajstić information content (AvgIpc) is 3.45. The lowest BCUT2D eigenvalue weighted by molar-refractivity contribution is -0.117. The maximum Gasteiger partial charge on any atom is 0.336 e. The van der Waals surface area contributed by atoms with Gasteiger partial charge in [-0.3, -0.25) is 4.40 Å². The number of methoxy groups -OCH3 is 1. The Labute approximate surface area is 197 Å². The highest BCUT2D eigenvalue weighted by Gasteiger charge is 2.56. The molecule has 4 aromatic heterocycles.